The largest absolute Gasteiger partial charge is 0.355 e. The Bertz CT molecular complexity index is 309. The van der Waals surface area contributed by atoms with E-state index in [4.69, 9.17) is 5.73 Å². The Morgan fingerprint density at radius 3 is 2.47 bits per heavy atom. The molecule has 0 aromatic rings. The molecule has 2 rings (SSSR count). The highest BCUT2D eigenvalue weighted by atomic mass is 16.2. The van der Waals surface area contributed by atoms with Crippen molar-refractivity contribution in [2.24, 2.45) is 22.5 Å². The average Bonchev–Trinajstić information content (AvgIpc) is 2.99. The molecule has 3 nitrogen and oxygen atoms in total. The van der Waals surface area contributed by atoms with Crippen molar-refractivity contribution < 1.29 is 4.79 Å². The van der Waals surface area contributed by atoms with E-state index in [-0.39, 0.29) is 17.4 Å². The lowest BCUT2D eigenvalue weighted by Gasteiger charge is -2.29. The van der Waals surface area contributed by atoms with Gasteiger partial charge < -0.3 is 11.1 Å². The number of nitrogens with two attached hydrogens (primary N) is 1. The van der Waals surface area contributed by atoms with E-state index in [0.717, 1.165) is 25.8 Å². The van der Waals surface area contributed by atoms with Crippen LogP contribution in [0.15, 0.2) is 0 Å². The van der Waals surface area contributed by atoms with Crippen molar-refractivity contribution in [1.82, 2.24) is 5.32 Å². The molecule has 98 valence electrons. The molecule has 2 saturated carbocycles. The molecule has 3 N–H and O–H groups in total. The van der Waals surface area contributed by atoms with Crippen LogP contribution in [0.1, 0.15) is 52.9 Å². The molecule has 0 bridgehead atoms. The fourth-order valence-corrected chi connectivity index (χ4v) is 3.05. The van der Waals surface area contributed by atoms with Crippen molar-refractivity contribution in [3.05, 3.63) is 0 Å². The normalized spacial score (nSPS) is 35.0. The van der Waals surface area contributed by atoms with Gasteiger partial charge in [-0.3, -0.25) is 4.79 Å². The molecule has 2 aliphatic rings. The Balaban J connectivity index is 1.90. The van der Waals surface area contributed by atoms with Crippen molar-refractivity contribution in [2.75, 3.05) is 6.54 Å². The van der Waals surface area contributed by atoms with Gasteiger partial charge in [-0.25, -0.2) is 0 Å². The van der Waals surface area contributed by atoms with Crippen molar-refractivity contribution in [3.8, 4) is 0 Å². The van der Waals surface area contributed by atoms with Crippen LogP contribution in [0.25, 0.3) is 0 Å². The third-order valence-electron chi connectivity index (χ3n) is 5.27. The van der Waals surface area contributed by atoms with E-state index in [1.807, 2.05) is 6.92 Å². The Morgan fingerprint density at radius 1 is 1.41 bits per heavy atom. The van der Waals surface area contributed by atoms with Crippen LogP contribution < -0.4 is 11.1 Å². The summed E-state index contributed by atoms with van der Waals surface area (Å²) in [5, 5.41) is 3.16. The van der Waals surface area contributed by atoms with E-state index in [2.05, 4.69) is 19.2 Å². The topological polar surface area (TPSA) is 55.1 Å². The molecular weight excluding hydrogens is 212 g/mol. The molecule has 0 saturated heterocycles. The summed E-state index contributed by atoms with van der Waals surface area (Å²) in [4.78, 5) is 12.3. The van der Waals surface area contributed by atoms with Crippen LogP contribution in [-0.4, -0.2) is 18.5 Å². The first kappa shape index (κ1) is 12.9. The summed E-state index contributed by atoms with van der Waals surface area (Å²) >= 11 is 0. The second-order valence-corrected chi connectivity index (χ2v) is 6.62. The Morgan fingerprint density at radius 2 is 2.06 bits per heavy atom. The quantitative estimate of drug-likeness (QED) is 0.787. The highest BCUT2D eigenvalue weighted by Crippen LogP contribution is 2.51. The number of hydrogen-bond donors (Lipinski definition) is 2. The molecule has 0 aromatic heterocycles. The van der Waals surface area contributed by atoms with Crippen LogP contribution in [0, 0.1) is 16.7 Å². The number of carbonyl (C=O) groups excluding carboxylic acids is 1. The number of nitrogens with one attached hydrogen (secondary N) is 1. The Kier molecular flexibility index (Phi) is 3.23. The zero-order valence-corrected chi connectivity index (χ0v) is 11.4. The predicted octanol–water partition coefficient (Wildman–Crippen LogP) is 2.06. The number of amides is 1. The van der Waals surface area contributed by atoms with Gasteiger partial charge in [-0.15, -0.1) is 0 Å². The van der Waals surface area contributed by atoms with Crippen LogP contribution in [0.5, 0.6) is 0 Å². The standard InChI is InChI=1S/C14H26N2O/c1-10(2)14(7-8-14)9-16-12(17)13(3)6-4-5-11(13)15/h10-11H,4-9,15H2,1-3H3,(H,16,17). The summed E-state index contributed by atoms with van der Waals surface area (Å²) in [6.07, 6.45) is 5.52. The lowest BCUT2D eigenvalue weighted by Crippen LogP contribution is -2.48. The minimum absolute atomic E-state index is 0.0386. The molecule has 1 amide bonds. The molecule has 3 heteroatoms. The average molecular weight is 238 g/mol. The van der Waals surface area contributed by atoms with E-state index in [0.29, 0.717) is 11.3 Å². The Hall–Kier alpha value is -0.570. The minimum Gasteiger partial charge on any atom is -0.355 e. The zero-order chi connectivity index (χ0) is 12.7. The first-order valence-electron chi connectivity index (χ1n) is 6.95. The predicted molar refractivity (Wildman–Crippen MR) is 69.4 cm³/mol. The van der Waals surface area contributed by atoms with Gasteiger partial charge in [0.15, 0.2) is 0 Å². The van der Waals surface area contributed by atoms with E-state index in [1.165, 1.54) is 12.8 Å². The molecule has 2 aliphatic carbocycles. The molecule has 2 atom stereocenters. The van der Waals surface area contributed by atoms with Crippen molar-refractivity contribution in [1.29, 1.82) is 0 Å². The lowest BCUT2D eigenvalue weighted by molar-refractivity contribution is -0.130. The third kappa shape index (κ3) is 2.22. The summed E-state index contributed by atoms with van der Waals surface area (Å²) in [6.45, 7) is 7.37. The molecule has 0 radical (unpaired) electrons. The van der Waals surface area contributed by atoms with Crippen molar-refractivity contribution >= 4 is 5.91 Å². The first-order valence-corrected chi connectivity index (χ1v) is 6.95. The maximum absolute atomic E-state index is 12.3. The molecular formula is C14H26N2O. The second kappa shape index (κ2) is 4.27. The van der Waals surface area contributed by atoms with Crippen LogP contribution in [0.4, 0.5) is 0 Å². The third-order valence-corrected chi connectivity index (χ3v) is 5.27. The van der Waals surface area contributed by atoms with Gasteiger partial charge in [-0.2, -0.15) is 0 Å². The first-order chi connectivity index (χ1) is 7.91. The van der Waals surface area contributed by atoms with E-state index in [1.54, 1.807) is 0 Å². The van der Waals surface area contributed by atoms with Crippen molar-refractivity contribution in [3.63, 3.8) is 0 Å². The molecule has 2 unspecified atom stereocenters. The highest BCUT2D eigenvalue weighted by molar-refractivity contribution is 5.83. The molecule has 0 aliphatic heterocycles. The summed E-state index contributed by atoms with van der Waals surface area (Å²) in [5.41, 5.74) is 6.13. The van der Waals surface area contributed by atoms with Crippen molar-refractivity contribution in [2.45, 2.75) is 58.9 Å². The number of hydrogen-bond acceptors (Lipinski definition) is 2. The van der Waals surface area contributed by atoms with Gasteiger partial charge >= 0.3 is 0 Å². The summed E-state index contributed by atoms with van der Waals surface area (Å²) in [6, 6.07) is 0.0386. The molecule has 0 aromatic carbocycles. The fourth-order valence-electron chi connectivity index (χ4n) is 3.05. The highest BCUT2D eigenvalue weighted by Gasteiger charge is 2.47. The molecule has 0 heterocycles. The SMILES string of the molecule is CC(C)C1(CNC(=O)C2(C)CCCC2N)CC1. The number of rotatable bonds is 4. The van der Waals surface area contributed by atoms with E-state index >= 15 is 0 Å². The molecule has 2 fully saturated rings. The van der Waals surface area contributed by atoms with Gasteiger partial charge in [-0.05, 0) is 43.9 Å². The van der Waals surface area contributed by atoms with Gasteiger partial charge in [0.05, 0.1) is 5.41 Å². The summed E-state index contributed by atoms with van der Waals surface area (Å²) < 4.78 is 0. The maximum Gasteiger partial charge on any atom is 0.227 e. The van der Waals surface area contributed by atoms with Crippen LogP contribution in [-0.2, 0) is 4.79 Å². The smallest absolute Gasteiger partial charge is 0.227 e. The zero-order valence-electron chi connectivity index (χ0n) is 11.4. The maximum atomic E-state index is 12.3. The molecule has 0 spiro atoms. The van der Waals surface area contributed by atoms with Gasteiger partial charge in [0.25, 0.3) is 0 Å². The summed E-state index contributed by atoms with van der Waals surface area (Å²) in [7, 11) is 0. The molecule has 17 heavy (non-hydrogen) atoms. The number of carbonyl (C=O) groups is 1. The minimum atomic E-state index is -0.326. The van der Waals surface area contributed by atoms with E-state index < -0.39 is 0 Å². The fraction of sp³-hybridized carbons (Fsp3) is 0.929. The van der Waals surface area contributed by atoms with Gasteiger partial charge in [0.1, 0.15) is 0 Å². The second-order valence-electron chi connectivity index (χ2n) is 6.62. The van der Waals surface area contributed by atoms with Gasteiger partial charge in [0.2, 0.25) is 5.91 Å². The van der Waals surface area contributed by atoms with Crippen LogP contribution in [0.2, 0.25) is 0 Å². The lowest BCUT2D eigenvalue weighted by atomic mass is 9.83. The van der Waals surface area contributed by atoms with Gasteiger partial charge in [-0.1, -0.05) is 20.3 Å². The Labute approximate surface area is 105 Å². The van der Waals surface area contributed by atoms with Gasteiger partial charge in [0, 0.05) is 12.6 Å². The van der Waals surface area contributed by atoms with E-state index in [9.17, 15) is 4.79 Å². The van der Waals surface area contributed by atoms with Crippen LogP contribution >= 0.6 is 0 Å². The summed E-state index contributed by atoms with van der Waals surface area (Å²) in [5.74, 6) is 0.835. The van der Waals surface area contributed by atoms with Crippen LogP contribution in [0.3, 0.4) is 0 Å². The monoisotopic (exact) mass is 238 g/mol.